The maximum Gasteiger partial charge on any atom is 0.191 e. The Kier molecular flexibility index (Phi) is 6.03. The molecule has 0 aromatic heterocycles. The third kappa shape index (κ3) is 4.63. The zero-order valence-electron chi connectivity index (χ0n) is 11.5. The smallest absolute Gasteiger partial charge is 0.191 e. The molecule has 1 aliphatic carbocycles. The normalized spacial score (nSPS) is 16.5. The first-order valence-corrected chi connectivity index (χ1v) is 6.36. The monoisotopic (exact) mass is 377 g/mol. The van der Waals surface area contributed by atoms with Gasteiger partial charge in [0.25, 0.3) is 0 Å². The Morgan fingerprint density at radius 1 is 1.42 bits per heavy atom. The standard InChI is InChI=1S/C14H20FN3.HI/c1-9-4-5-11(8-13(9)15)10(2)17-14(16-3)18-12-6-7-12;/h4-5,8,10,12H,6-7H2,1-3H3,(H2,16,17,18);1H. The molecule has 106 valence electrons. The van der Waals surface area contributed by atoms with Crippen molar-refractivity contribution in [3.05, 3.63) is 35.1 Å². The molecular formula is C14H21FIN3. The second-order valence-electron chi connectivity index (χ2n) is 4.87. The molecule has 3 nitrogen and oxygen atoms in total. The van der Waals surface area contributed by atoms with E-state index < -0.39 is 0 Å². The number of nitrogens with zero attached hydrogens (tertiary/aromatic N) is 1. The zero-order valence-corrected chi connectivity index (χ0v) is 13.9. The highest BCUT2D eigenvalue weighted by atomic mass is 127. The minimum atomic E-state index is -0.161. The number of benzene rings is 1. The molecule has 0 saturated heterocycles. The Morgan fingerprint density at radius 2 is 2.11 bits per heavy atom. The molecule has 19 heavy (non-hydrogen) atoms. The largest absolute Gasteiger partial charge is 0.354 e. The van der Waals surface area contributed by atoms with Crippen molar-refractivity contribution in [1.82, 2.24) is 10.6 Å². The van der Waals surface area contributed by atoms with Crippen LogP contribution in [0.3, 0.4) is 0 Å². The van der Waals surface area contributed by atoms with Gasteiger partial charge in [0.05, 0.1) is 6.04 Å². The molecule has 1 unspecified atom stereocenters. The Morgan fingerprint density at radius 3 is 2.63 bits per heavy atom. The van der Waals surface area contributed by atoms with Crippen LogP contribution in [0, 0.1) is 12.7 Å². The van der Waals surface area contributed by atoms with E-state index in [1.54, 1.807) is 26.1 Å². The maximum atomic E-state index is 13.5. The van der Waals surface area contributed by atoms with Crippen molar-refractivity contribution < 1.29 is 4.39 Å². The summed E-state index contributed by atoms with van der Waals surface area (Å²) in [5, 5.41) is 6.59. The van der Waals surface area contributed by atoms with Gasteiger partial charge in [-0.3, -0.25) is 4.99 Å². The van der Waals surface area contributed by atoms with E-state index in [0.29, 0.717) is 11.6 Å². The van der Waals surface area contributed by atoms with Gasteiger partial charge in [-0.15, -0.1) is 24.0 Å². The summed E-state index contributed by atoms with van der Waals surface area (Å²) in [6, 6.07) is 5.92. The van der Waals surface area contributed by atoms with Crippen molar-refractivity contribution in [1.29, 1.82) is 0 Å². The van der Waals surface area contributed by atoms with E-state index in [1.165, 1.54) is 12.8 Å². The molecule has 1 aromatic rings. The van der Waals surface area contributed by atoms with Crippen LogP contribution in [0.4, 0.5) is 4.39 Å². The topological polar surface area (TPSA) is 36.4 Å². The molecule has 1 atom stereocenters. The third-order valence-electron chi connectivity index (χ3n) is 3.19. The molecule has 5 heteroatoms. The fourth-order valence-corrected chi connectivity index (χ4v) is 1.76. The third-order valence-corrected chi connectivity index (χ3v) is 3.19. The van der Waals surface area contributed by atoms with Gasteiger partial charge in [-0.05, 0) is 43.9 Å². The van der Waals surface area contributed by atoms with Crippen LogP contribution < -0.4 is 10.6 Å². The number of hydrogen-bond acceptors (Lipinski definition) is 1. The first kappa shape index (κ1) is 16.2. The second kappa shape index (κ2) is 7.07. The lowest BCUT2D eigenvalue weighted by molar-refractivity contribution is 0.607. The molecule has 0 radical (unpaired) electrons. The van der Waals surface area contributed by atoms with Crippen molar-refractivity contribution in [3.8, 4) is 0 Å². The Bertz CT molecular complexity index is 458. The Balaban J connectivity index is 0.00000180. The Labute approximate surface area is 131 Å². The average molecular weight is 377 g/mol. The predicted molar refractivity (Wildman–Crippen MR) is 87.6 cm³/mol. The number of aryl methyl sites for hydroxylation is 1. The first-order valence-electron chi connectivity index (χ1n) is 6.36. The molecule has 0 bridgehead atoms. The lowest BCUT2D eigenvalue weighted by atomic mass is 10.1. The van der Waals surface area contributed by atoms with Gasteiger partial charge < -0.3 is 10.6 Å². The second-order valence-corrected chi connectivity index (χ2v) is 4.87. The molecule has 1 aliphatic rings. The van der Waals surface area contributed by atoms with Crippen LogP contribution in [0.2, 0.25) is 0 Å². The average Bonchev–Trinajstić information content (AvgIpc) is 3.15. The van der Waals surface area contributed by atoms with Crippen LogP contribution in [-0.4, -0.2) is 19.0 Å². The quantitative estimate of drug-likeness (QED) is 0.483. The van der Waals surface area contributed by atoms with Gasteiger partial charge in [0.1, 0.15) is 5.82 Å². The van der Waals surface area contributed by atoms with Gasteiger partial charge in [0.2, 0.25) is 0 Å². The number of guanidine groups is 1. The number of aliphatic imine (C=N–C) groups is 1. The summed E-state index contributed by atoms with van der Waals surface area (Å²) in [5.74, 6) is 0.622. The summed E-state index contributed by atoms with van der Waals surface area (Å²) in [6.45, 7) is 3.77. The molecule has 0 amide bonds. The van der Waals surface area contributed by atoms with Crippen molar-refractivity contribution in [2.24, 2.45) is 4.99 Å². The van der Waals surface area contributed by atoms with E-state index in [4.69, 9.17) is 0 Å². The van der Waals surface area contributed by atoms with E-state index in [0.717, 1.165) is 11.5 Å². The first-order chi connectivity index (χ1) is 8.60. The number of hydrogen-bond donors (Lipinski definition) is 2. The van der Waals surface area contributed by atoms with Crippen LogP contribution in [0.25, 0.3) is 0 Å². The highest BCUT2D eigenvalue weighted by Gasteiger charge is 2.22. The van der Waals surface area contributed by atoms with Gasteiger partial charge in [-0.25, -0.2) is 4.39 Å². The van der Waals surface area contributed by atoms with Gasteiger partial charge >= 0.3 is 0 Å². The van der Waals surface area contributed by atoms with Crippen molar-refractivity contribution in [2.75, 3.05) is 7.05 Å². The molecule has 1 aromatic carbocycles. The van der Waals surface area contributed by atoms with E-state index in [1.807, 2.05) is 13.0 Å². The van der Waals surface area contributed by atoms with Crippen LogP contribution in [0.5, 0.6) is 0 Å². The lowest BCUT2D eigenvalue weighted by Crippen LogP contribution is -2.39. The number of nitrogens with one attached hydrogen (secondary N) is 2. The van der Waals surface area contributed by atoms with Crippen molar-refractivity contribution in [2.45, 2.75) is 38.8 Å². The summed E-state index contributed by atoms with van der Waals surface area (Å²) in [7, 11) is 1.75. The highest BCUT2D eigenvalue weighted by Crippen LogP contribution is 2.19. The van der Waals surface area contributed by atoms with Crippen LogP contribution in [0.1, 0.15) is 36.9 Å². The van der Waals surface area contributed by atoms with Crippen molar-refractivity contribution >= 4 is 29.9 Å². The highest BCUT2D eigenvalue weighted by molar-refractivity contribution is 14.0. The Hall–Kier alpha value is -0.850. The lowest BCUT2D eigenvalue weighted by Gasteiger charge is -2.18. The minimum Gasteiger partial charge on any atom is -0.354 e. The minimum absolute atomic E-state index is 0. The SMILES string of the molecule is CN=C(NC1CC1)NC(C)c1ccc(C)c(F)c1.I. The van der Waals surface area contributed by atoms with Crippen LogP contribution in [0.15, 0.2) is 23.2 Å². The summed E-state index contributed by atoms with van der Waals surface area (Å²) in [4.78, 5) is 4.17. The van der Waals surface area contributed by atoms with E-state index in [9.17, 15) is 4.39 Å². The molecule has 0 heterocycles. The van der Waals surface area contributed by atoms with E-state index in [-0.39, 0.29) is 35.8 Å². The molecule has 1 saturated carbocycles. The summed E-state index contributed by atoms with van der Waals surface area (Å²) in [5.41, 5.74) is 1.60. The maximum absolute atomic E-state index is 13.5. The molecule has 2 rings (SSSR count). The molecule has 0 spiro atoms. The predicted octanol–water partition coefficient (Wildman–Crippen LogP) is 3.14. The summed E-state index contributed by atoms with van der Waals surface area (Å²) in [6.07, 6.45) is 2.41. The number of rotatable bonds is 3. The fraction of sp³-hybridized carbons (Fsp3) is 0.500. The zero-order chi connectivity index (χ0) is 13.1. The van der Waals surface area contributed by atoms with E-state index in [2.05, 4.69) is 15.6 Å². The molecular weight excluding hydrogens is 356 g/mol. The fourth-order valence-electron chi connectivity index (χ4n) is 1.76. The number of halogens is 2. The van der Waals surface area contributed by atoms with Gasteiger partial charge in [-0.2, -0.15) is 0 Å². The summed E-state index contributed by atoms with van der Waals surface area (Å²) >= 11 is 0. The van der Waals surface area contributed by atoms with Gasteiger partial charge in [0, 0.05) is 13.1 Å². The molecule has 2 N–H and O–H groups in total. The van der Waals surface area contributed by atoms with Crippen LogP contribution in [-0.2, 0) is 0 Å². The van der Waals surface area contributed by atoms with Crippen molar-refractivity contribution in [3.63, 3.8) is 0 Å². The van der Waals surface area contributed by atoms with Gasteiger partial charge in [-0.1, -0.05) is 12.1 Å². The van der Waals surface area contributed by atoms with Gasteiger partial charge in [0.15, 0.2) is 5.96 Å². The summed E-state index contributed by atoms with van der Waals surface area (Å²) < 4.78 is 13.5. The molecule has 1 fully saturated rings. The van der Waals surface area contributed by atoms with Crippen LogP contribution >= 0.6 is 24.0 Å². The molecule has 0 aliphatic heterocycles. The van der Waals surface area contributed by atoms with E-state index >= 15 is 0 Å².